The third-order valence-corrected chi connectivity index (χ3v) is 4.12. The minimum absolute atomic E-state index is 0.298. The maximum Gasteiger partial charge on any atom is 0.0278 e. The van der Waals surface area contributed by atoms with E-state index in [1.807, 2.05) is 0 Å². The highest BCUT2D eigenvalue weighted by Crippen LogP contribution is 2.15. The predicted octanol–water partition coefficient (Wildman–Crippen LogP) is 2.18. The average molecular weight is 255 g/mol. The largest absolute Gasteiger partial charge is 0.315 e. The van der Waals surface area contributed by atoms with Crippen LogP contribution in [0.5, 0.6) is 0 Å². The highest BCUT2D eigenvalue weighted by atomic mass is 15.3. The van der Waals surface area contributed by atoms with Crippen molar-refractivity contribution in [1.82, 2.24) is 15.1 Å². The summed E-state index contributed by atoms with van der Waals surface area (Å²) in [5.41, 5.74) is 0.298. The molecule has 0 spiro atoms. The summed E-state index contributed by atoms with van der Waals surface area (Å²) in [7, 11) is 2.22. The standard InChI is InChI=1S/C15H33N3/c1-5-6-7-8-9-16-14-15(2,3)18-12-10-17(4)11-13-18/h16H,5-14H2,1-4H3. The molecule has 108 valence electrons. The summed E-state index contributed by atoms with van der Waals surface area (Å²) >= 11 is 0. The Morgan fingerprint density at radius 1 is 1.00 bits per heavy atom. The van der Waals surface area contributed by atoms with Crippen molar-refractivity contribution in [1.29, 1.82) is 0 Å². The maximum atomic E-state index is 3.64. The van der Waals surface area contributed by atoms with Gasteiger partial charge in [-0.25, -0.2) is 0 Å². The topological polar surface area (TPSA) is 18.5 Å². The number of hydrogen-bond donors (Lipinski definition) is 1. The molecule has 3 nitrogen and oxygen atoms in total. The molecule has 0 aromatic heterocycles. The van der Waals surface area contributed by atoms with Gasteiger partial charge in [0, 0.05) is 38.3 Å². The van der Waals surface area contributed by atoms with Crippen LogP contribution in [0.3, 0.4) is 0 Å². The van der Waals surface area contributed by atoms with E-state index in [0.29, 0.717) is 5.54 Å². The molecule has 0 amide bonds. The van der Waals surface area contributed by atoms with Gasteiger partial charge in [0.2, 0.25) is 0 Å². The van der Waals surface area contributed by atoms with Gasteiger partial charge in [-0.3, -0.25) is 4.90 Å². The van der Waals surface area contributed by atoms with Crippen LogP contribution in [-0.4, -0.2) is 61.7 Å². The van der Waals surface area contributed by atoms with E-state index in [4.69, 9.17) is 0 Å². The zero-order valence-corrected chi connectivity index (χ0v) is 13.0. The molecule has 1 aliphatic heterocycles. The van der Waals surface area contributed by atoms with Crippen molar-refractivity contribution in [3.63, 3.8) is 0 Å². The van der Waals surface area contributed by atoms with Crippen LogP contribution in [0.25, 0.3) is 0 Å². The van der Waals surface area contributed by atoms with E-state index >= 15 is 0 Å². The summed E-state index contributed by atoms with van der Waals surface area (Å²) in [5.74, 6) is 0. The molecular weight excluding hydrogens is 222 g/mol. The van der Waals surface area contributed by atoms with Gasteiger partial charge >= 0.3 is 0 Å². The first kappa shape index (κ1) is 15.9. The second-order valence-electron chi connectivity index (χ2n) is 6.34. The van der Waals surface area contributed by atoms with Crippen LogP contribution in [0.1, 0.15) is 46.5 Å². The lowest BCUT2D eigenvalue weighted by molar-refractivity contribution is 0.0620. The summed E-state index contributed by atoms with van der Waals surface area (Å²) < 4.78 is 0. The van der Waals surface area contributed by atoms with Gasteiger partial charge < -0.3 is 10.2 Å². The molecule has 0 bridgehead atoms. The zero-order chi connectivity index (χ0) is 13.4. The Labute approximate surface area is 114 Å². The van der Waals surface area contributed by atoms with Gasteiger partial charge in [-0.15, -0.1) is 0 Å². The number of nitrogens with one attached hydrogen (secondary N) is 1. The molecule has 1 aliphatic rings. The molecule has 0 saturated carbocycles. The summed E-state index contributed by atoms with van der Waals surface area (Å²) in [6.07, 6.45) is 5.40. The van der Waals surface area contributed by atoms with Crippen LogP contribution in [0.2, 0.25) is 0 Å². The number of rotatable bonds is 8. The Bertz CT molecular complexity index is 208. The fourth-order valence-corrected chi connectivity index (χ4v) is 2.59. The molecule has 3 heteroatoms. The number of unbranched alkanes of at least 4 members (excludes halogenated alkanes) is 3. The van der Waals surface area contributed by atoms with Gasteiger partial charge in [0.05, 0.1) is 0 Å². The van der Waals surface area contributed by atoms with Crippen LogP contribution >= 0.6 is 0 Å². The highest BCUT2D eigenvalue weighted by molar-refractivity contribution is 4.86. The molecule has 1 fully saturated rings. The second kappa shape index (κ2) is 8.13. The fraction of sp³-hybridized carbons (Fsp3) is 1.00. The third kappa shape index (κ3) is 5.68. The molecular formula is C15H33N3. The number of nitrogens with zero attached hydrogens (tertiary/aromatic N) is 2. The molecule has 1 saturated heterocycles. The van der Waals surface area contributed by atoms with E-state index < -0.39 is 0 Å². The summed E-state index contributed by atoms with van der Waals surface area (Å²) in [6, 6.07) is 0. The molecule has 0 aliphatic carbocycles. The monoisotopic (exact) mass is 255 g/mol. The van der Waals surface area contributed by atoms with Crippen molar-refractivity contribution in [2.75, 3.05) is 46.3 Å². The van der Waals surface area contributed by atoms with Crippen LogP contribution in [0, 0.1) is 0 Å². The number of hydrogen-bond acceptors (Lipinski definition) is 3. The smallest absolute Gasteiger partial charge is 0.0278 e. The van der Waals surface area contributed by atoms with E-state index in [-0.39, 0.29) is 0 Å². The maximum absolute atomic E-state index is 3.64. The van der Waals surface area contributed by atoms with Crippen molar-refractivity contribution in [3.05, 3.63) is 0 Å². The lowest BCUT2D eigenvalue weighted by Crippen LogP contribution is -2.57. The van der Waals surface area contributed by atoms with Gasteiger partial charge in [0.25, 0.3) is 0 Å². The minimum atomic E-state index is 0.298. The van der Waals surface area contributed by atoms with E-state index in [1.54, 1.807) is 0 Å². The summed E-state index contributed by atoms with van der Waals surface area (Å²) in [4.78, 5) is 5.05. The van der Waals surface area contributed by atoms with Crippen LogP contribution in [0.15, 0.2) is 0 Å². The first-order valence-electron chi connectivity index (χ1n) is 7.70. The van der Waals surface area contributed by atoms with E-state index in [2.05, 4.69) is 42.9 Å². The van der Waals surface area contributed by atoms with Gasteiger partial charge in [0.15, 0.2) is 0 Å². The Balaban J connectivity index is 2.14. The van der Waals surface area contributed by atoms with Crippen molar-refractivity contribution < 1.29 is 0 Å². The number of likely N-dealkylation sites (N-methyl/N-ethyl adjacent to an activating group) is 1. The normalized spacial score (nSPS) is 19.3. The van der Waals surface area contributed by atoms with Crippen molar-refractivity contribution in [3.8, 4) is 0 Å². The SMILES string of the molecule is CCCCCCNCC(C)(C)N1CCN(C)CC1. The molecule has 0 radical (unpaired) electrons. The summed E-state index contributed by atoms with van der Waals surface area (Å²) in [6.45, 7) is 14.1. The summed E-state index contributed by atoms with van der Waals surface area (Å²) in [5, 5.41) is 3.64. The Morgan fingerprint density at radius 2 is 1.67 bits per heavy atom. The fourth-order valence-electron chi connectivity index (χ4n) is 2.59. The van der Waals surface area contributed by atoms with E-state index in [9.17, 15) is 0 Å². The molecule has 1 heterocycles. The average Bonchev–Trinajstić information content (AvgIpc) is 2.34. The van der Waals surface area contributed by atoms with Gasteiger partial charge in [-0.1, -0.05) is 26.2 Å². The second-order valence-corrected chi connectivity index (χ2v) is 6.34. The predicted molar refractivity (Wildman–Crippen MR) is 80.2 cm³/mol. The zero-order valence-electron chi connectivity index (χ0n) is 13.0. The van der Waals surface area contributed by atoms with Gasteiger partial charge in [-0.05, 0) is 33.9 Å². The van der Waals surface area contributed by atoms with Crippen molar-refractivity contribution in [2.24, 2.45) is 0 Å². The number of piperazine rings is 1. The Morgan fingerprint density at radius 3 is 2.28 bits per heavy atom. The molecule has 0 aromatic carbocycles. The highest BCUT2D eigenvalue weighted by Gasteiger charge is 2.28. The van der Waals surface area contributed by atoms with Crippen LogP contribution < -0.4 is 5.32 Å². The molecule has 18 heavy (non-hydrogen) atoms. The Hall–Kier alpha value is -0.120. The Kier molecular flexibility index (Phi) is 7.20. The molecule has 0 unspecified atom stereocenters. The molecule has 1 rings (SSSR count). The molecule has 0 atom stereocenters. The van der Waals surface area contributed by atoms with Crippen molar-refractivity contribution in [2.45, 2.75) is 52.0 Å². The first-order valence-corrected chi connectivity index (χ1v) is 7.70. The third-order valence-electron chi connectivity index (χ3n) is 4.12. The quantitative estimate of drug-likeness (QED) is 0.671. The lowest BCUT2D eigenvalue weighted by atomic mass is 10.0. The van der Waals surface area contributed by atoms with Gasteiger partial charge in [-0.2, -0.15) is 0 Å². The van der Waals surface area contributed by atoms with Crippen LogP contribution in [-0.2, 0) is 0 Å². The first-order chi connectivity index (χ1) is 8.56. The molecule has 1 N–H and O–H groups in total. The van der Waals surface area contributed by atoms with Crippen LogP contribution in [0.4, 0.5) is 0 Å². The minimum Gasteiger partial charge on any atom is -0.315 e. The lowest BCUT2D eigenvalue weighted by Gasteiger charge is -2.43. The molecule has 0 aromatic rings. The van der Waals surface area contributed by atoms with Crippen molar-refractivity contribution >= 4 is 0 Å². The van der Waals surface area contributed by atoms with E-state index in [0.717, 1.165) is 6.54 Å². The van der Waals surface area contributed by atoms with E-state index in [1.165, 1.54) is 58.4 Å². The van der Waals surface area contributed by atoms with Gasteiger partial charge in [0.1, 0.15) is 0 Å².